The molecular weight excluding hydrogens is 238 g/mol. The largest absolute Gasteiger partial charge is 0.463 e. The van der Waals surface area contributed by atoms with Crippen molar-refractivity contribution in [3.05, 3.63) is 23.7 Å². The first-order valence-electron chi connectivity index (χ1n) is 5.84. The molecule has 0 amide bonds. The minimum atomic E-state index is -0.470. The lowest BCUT2D eigenvalue weighted by Crippen LogP contribution is -2.43. The smallest absolute Gasteiger partial charge is 0.374 e. The third kappa shape index (κ3) is 2.90. The minimum absolute atomic E-state index is 0.00570. The molecule has 1 aromatic heterocycles. The monoisotopic (exact) mass is 255 g/mol. The maximum atomic E-state index is 11.5. The summed E-state index contributed by atoms with van der Waals surface area (Å²) in [7, 11) is 1.32. The molecule has 1 fully saturated rings. The summed E-state index contributed by atoms with van der Waals surface area (Å²) >= 11 is 0. The minimum Gasteiger partial charge on any atom is -0.463 e. The lowest BCUT2D eigenvalue weighted by Gasteiger charge is -2.31. The Balaban J connectivity index is 2.00. The number of methoxy groups -OCH3 is 1. The SMILES string of the molecule is COC(=O)c1occc1CN1CCOC(CO)C1. The number of carbonyl (C=O) groups is 1. The maximum Gasteiger partial charge on any atom is 0.374 e. The van der Waals surface area contributed by atoms with Gasteiger partial charge in [-0.2, -0.15) is 0 Å². The van der Waals surface area contributed by atoms with Gasteiger partial charge in [-0.25, -0.2) is 4.79 Å². The van der Waals surface area contributed by atoms with Crippen LogP contribution in [0.3, 0.4) is 0 Å². The molecule has 1 unspecified atom stereocenters. The molecule has 0 saturated carbocycles. The number of furan rings is 1. The van der Waals surface area contributed by atoms with Gasteiger partial charge in [-0.1, -0.05) is 0 Å². The van der Waals surface area contributed by atoms with Gasteiger partial charge >= 0.3 is 5.97 Å². The van der Waals surface area contributed by atoms with Gasteiger partial charge in [0.1, 0.15) is 0 Å². The molecule has 2 heterocycles. The fourth-order valence-electron chi connectivity index (χ4n) is 2.01. The first kappa shape index (κ1) is 13.1. The zero-order chi connectivity index (χ0) is 13.0. The summed E-state index contributed by atoms with van der Waals surface area (Å²) < 4.78 is 15.1. The molecule has 1 aromatic rings. The Morgan fingerprint density at radius 1 is 1.67 bits per heavy atom. The van der Waals surface area contributed by atoms with Crippen molar-refractivity contribution in [3.63, 3.8) is 0 Å². The summed E-state index contributed by atoms with van der Waals surface area (Å²) in [6, 6.07) is 1.76. The molecule has 1 aliphatic rings. The van der Waals surface area contributed by atoms with Gasteiger partial charge in [0.2, 0.25) is 5.76 Å². The number of hydrogen-bond acceptors (Lipinski definition) is 6. The molecule has 0 spiro atoms. The van der Waals surface area contributed by atoms with Crippen molar-refractivity contribution >= 4 is 5.97 Å². The molecule has 0 aromatic carbocycles. The van der Waals surface area contributed by atoms with E-state index in [1.165, 1.54) is 13.4 Å². The van der Waals surface area contributed by atoms with E-state index in [2.05, 4.69) is 9.64 Å². The molecular formula is C12H17NO5. The van der Waals surface area contributed by atoms with E-state index in [-0.39, 0.29) is 18.5 Å². The molecule has 100 valence electrons. The van der Waals surface area contributed by atoms with Crippen LogP contribution < -0.4 is 0 Å². The molecule has 6 nitrogen and oxygen atoms in total. The number of esters is 1. The van der Waals surface area contributed by atoms with Crippen LogP contribution in [-0.2, 0) is 16.0 Å². The van der Waals surface area contributed by atoms with E-state index < -0.39 is 5.97 Å². The second-order valence-corrected chi connectivity index (χ2v) is 4.18. The number of aliphatic hydroxyl groups excluding tert-OH is 1. The Kier molecular flexibility index (Phi) is 4.35. The van der Waals surface area contributed by atoms with Gasteiger partial charge in [0.05, 0.1) is 32.7 Å². The molecule has 2 rings (SSSR count). The molecule has 0 bridgehead atoms. The van der Waals surface area contributed by atoms with E-state index in [9.17, 15) is 4.79 Å². The van der Waals surface area contributed by atoms with Crippen molar-refractivity contribution in [3.8, 4) is 0 Å². The number of rotatable bonds is 4. The first-order chi connectivity index (χ1) is 8.74. The number of nitrogens with zero attached hydrogens (tertiary/aromatic N) is 1. The zero-order valence-corrected chi connectivity index (χ0v) is 10.3. The van der Waals surface area contributed by atoms with Crippen molar-refractivity contribution in [2.75, 3.05) is 33.4 Å². The average Bonchev–Trinajstić information content (AvgIpc) is 2.86. The molecule has 0 radical (unpaired) electrons. The average molecular weight is 255 g/mol. The third-order valence-corrected chi connectivity index (χ3v) is 2.94. The zero-order valence-electron chi connectivity index (χ0n) is 10.3. The predicted molar refractivity (Wildman–Crippen MR) is 62.2 cm³/mol. The van der Waals surface area contributed by atoms with Crippen LogP contribution in [0.2, 0.25) is 0 Å². The summed E-state index contributed by atoms with van der Waals surface area (Å²) in [6.45, 7) is 2.58. The number of ether oxygens (including phenoxy) is 2. The molecule has 1 aliphatic heterocycles. The number of hydrogen-bond donors (Lipinski definition) is 1. The van der Waals surface area contributed by atoms with Gasteiger partial charge in [0.15, 0.2) is 0 Å². The highest BCUT2D eigenvalue weighted by molar-refractivity contribution is 5.87. The van der Waals surface area contributed by atoms with Gasteiger partial charge in [0, 0.05) is 25.2 Å². The fourth-order valence-corrected chi connectivity index (χ4v) is 2.01. The maximum absolute atomic E-state index is 11.5. The first-order valence-corrected chi connectivity index (χ1v) is 5.84. The van der Waals surface area contributed by atoms with Crippen molar-refractivity contribution in [1.82, 2.24) is 4.90 Å². The van der Waals surface area contributed by atoms with Gasteiger partial charge in [-0.15, -0.1) is 0 Å². The summed E-state index contributed by atoms with van der Waals surface area (Å²) in [5.74, 6) is -0.230. The molecule has 1 N–H and O–H groups in total. The van der Waals surface area contributed by atoms with Crippen LogP contribution in [0.1, 0.15) is 16.1 Å². The second kappa shape index (κ2) is 5.99. The molecule has 6 heteroatoms. The summed E-state index contributed by atoms with van der Waals surface area (Å²) in [6.07, 6.45) is 1.32. The van der Waals surface area contributed by atoms with Crippen molar-refractivity contribution < 1.29 is 23.8 Å². The number of morpholine rings is 1. The number of carbonyl (C=O) groups excluding carboxylic acids is 1. The fraction of sp³-hybridized carbons (Fsp3) is 0.583. The van der Waals surface area contributed by atoms with E-state index in [1.54, 1.807) is 6.07 Å². The summed E-state index contributed by atoms with van der Waals surface area (Å²) in [5, 5.41) is 9.07. The predicted octanol–water partition coefficient (Wildman–Crippen LogP) is 0.259. The van der Waals surface area contributed by atoms with Crippen LogP contribution in [-0.4, -0.2) is 55.5 Å². The highest BCUT2D eigenvalue weighted by Gasteiger charge is 2.23. The van der Waals surface area contributed by atoms with Gasteiger partial charge in [-0.05, 0) is 6.07 Å². The van der Waals surface area contributed by atoms with Crippen LogP contribution in [0, 0.1) is 0 Å². The van der Waals surface area contributed by atoms with Crippen LogP contribution >= 0.6 is 0 Å². The standard InChI is InChI=1S/C12H17NO5/c1-16-12(15)11-9(2-4-18-11)6-13-3-5-17-10(7-13)8-14/h2,4,10,14H,3,5-8H2,1H3. The van der Waals surface area contributed by atoms with E-state index in [4.69, 9.17) is 14.3 Å². The van der Waals surface area contributed by atoms with Crippen LogP contribution in [0.15, 0.2) is 16.7 Å². The van der Waals surface area contributed by atoms with Gasteiger partial charge < -0.3 is 19.0 Å². The van der Waals surface area contributed by atoms with Gasteiger partial charge in [0.25, 0.3) is 0 Å². The van der Waals surface area contributed by atoms with Crippen LogP contribution in [0.4, 0.5) is 0 Å². The van der Waals surface area contributed by atoms with Gasteiger partial charge in [-0.3, -0.25) is 4.90 Å². The molecule has 0 aliphatic carbocycles. The number of aliphatic hydroxyl groups is 1. The highest BCUT2D eigenvalue weighted by Crippen LogP contribution is 2.16. The third-order valence-electron chi connectivity index (χ3n) is 2.94. The Bertz CT molecular complexity index is 403. The molecule has 1 atom stereocenters. The lowest BCUT2D eigenvalue weighted by atomic mass is 10.2. The van der Waals surface area contributed by atoms with E-state index in [0.29, 0.717) is 19.7 Å². The van der Waals surface area contributed by atoms with Crippen LogP contribution in [0.5, 0.6) is 0 Å². The highest BCUT2D eigenvalue weighted by atomic mass is 16.5. The van der Waals surface area contributed by atoms with Crippen LogP contribution in [0.25, 0.3) is 0 Å². The van der Waals surface area contributed by atoms with Crippen molar-refractivity contribution in [1.29, 1.82) is 0 Å². The molecule has 1 saturated heterocycles. The van der Waals surface area contributed by atoms with Crippen molar-refractivity contribution in [2.24, 2.45) is 0 Å². The van der Waals surface area contributed by atoms with Crippen molar-refractivity contribution in [2.45, 2.75) is 12.6 Å². The lowest BCUT2D eigenvalue weighted by molar-refractivity contribution is -0.0552. The van der Waals surface area contributed by atoms with E-state index >= 15 is 0 Å². The second-order valence-electron chi connectivity index (χ2n) is 4.18. The molecule has 18 heavy (non-hydrogen) atoms. The Hall–Kier alpha value is -1.37. The summed E-state index contributed by atoms with van der Waals surface area (Å²) in [4.78, 5) is 13.6. The normalized spacial score (nSPS) is 20.9. The summed E-state index contributed by atoms with van der Waals surface area (Å²) in [5.41, 5.74) is 0.792. The van der Waals surface area contributed by atoms with E-state index in [1.807, 2.05) is 0 Å². The topological polar surface area (TPSA) is 72.1 Å². The Morgan fingerprint density at radius 2 is 2.50 bits per heavy atom. The quantitative estimate of drug-likeness (QED) is 0.778. The Morgan fingerprint density at radius 3 is 3.22 bits per heavy atom. The Labute approximate surface area is 105 Å². The van der Waals surface area contributed by atoms with E-state index in [0.717, 1.165) is 12.1 Å².